The molecule has 0 bridgehead atoms. The minimum Gasteiger partial charge on any atom is -0.396 e. The lowest BCUT2D eigenvalue weighted by Gasteiger charge is -2.16. The Hall–Kier alpha value is -1.69. The van der Waals surface area contributed by atoms with Gasteiger partial charge in [0.05, 0.1) is 6.10 Å². The highest BCUT2D eigenvalue weighted by Crippen LogP contribution is 2.68. The van der Waals surface area contributed by atoms with Crippen LogP contribution in [0.4, 0.5) is 0 Å². The average molecular weight is 327 g/mol. The van der Waals surface area contributed by atoms with Gasteiger partial charge in [-0.3, -0.25) is 9.58 Å². The number of hydrogen-bond acceptors (Lipinski definition) is 4. The maximum Gasteiger partial charge on any atom is 0.0745 e. The molecular formula is C19H25N3O2. The average Bonchev–Trinajstić information content (AvgIpc) is 2.88. The predicted molar refractivity (Wildman–Crippen MR) is 91.5 cm³/mol. The fourth-order valence-electron chi connectivity index (χ4n) is 4.72. The summed E-state index contributed by atoms with van der Waals surface area (Å²) in [4.78, 5) is 2.35. The summed E-state index contributed by atoms with van der Waals surface area (Å²) >= 11 is 0. The summed E-state index contributed by atoms with van der Waals surface area (Å²) in [5, 5.41) is 24.8. The molecule has 1 saturated heterocycles. The van der Waals surface area contributed by atoms with Gasteiger partial charge in [0, 0.05) is 50.6 Å². The molecule has 128 valence electrons. The van der Waals surface area contributed by atoms with Gasteiger partial charge in [-0.2, -0.15) is 5.10 Å². The molecule has 2 fully saturated rings. The van der Waals surface area contributed by atoms with Gasteiger partial charge in [0.1, 0.15) is 0 Å². The van der Waals surface area contributed by atoms with Crippen LogP contribution in [0.1, 0.15) is 17.9 Å². The van der Waals surface area contributed by atoms with Crippen molar-refractivity contribution < 1.29 is 10.2 Å². The number of nitrogens with zero attached hydrogens (tertiary/aromatic N) is 3. The van der Waals surface area contributed by atoms with E-state index in [9.17, 15) is 10.2 Å². The molecule has 2 N–H and O–H groups in total. The number of β-amino-alcohol motifs (C(OH)–C–C–N with tert-alkyl or cyclic N) is 1. The molecule has 2 aliphatic rings. The third-order valence-corrected chi connectivity index (χ3v) is 5.89. The molecule has 0 unspecified atom stereocenters. The highest BCUT2D eigenvalue weighted by molar-refractivity contribution is 5.36. The van der Waals surface area contributed by atoms with E-state index in [2.05, 4.69) is 22.1 Å². The molecule has 4 atom stereocenters. The van der Waals surface area contributed by atoms with Gasteiger partial charge in [0.25, 0.3) is 0 Å². The Bertz CT molecular complexity index is 661. The van der Waals surface area contributed by atoms with E-state index in [1.807, 2.05) is 35.1 Å². The molecule has 1 saturated carbocycles. The van der Waals surface area contributed by atoms with E-state index in [0.717, 1.165) is 26.1 Å². The minimum atomic E-state index is -0.357. The number of aliphatic hydroxyl groups is 2. The Morgan fingerprint density at radius 3 is 2.71 bits per heavy atom. The van der Waals surface area contributed by atoms with Gasteiger partial charge < -0.3 is 10.2 Å². The Balaban J connectivity index is 1.41. The molecule has 5 heteroatoms. The molecule has 0 amide bonds. The Morgan fingerprint density at radius 2 is 2.00 bits per heavy atom. The van der Waals surface area contributed by atoms with E-state index < -0.39 is 0 Å². The lowest BCUT2D eigenvalue weighted by Crippen LogP contribution is -2.24. The molecule has 4 rings (SSSR count). The molecule has 2 aromatic rings. The zero-order valence-corrected chi connectivity index (χ0v) is 13.8. The van der Waals surface area contributed by atoms with Gasteiger partial charge in [-0.05, 0) is 29.9 Å². The third-order valence-electron chi connectivity index (χ3n) is 5.89. The van der Waals surface area contributed by atoms with Crippen LogP contribution in [0.5, 0.6) is 0 Å². The summed E-state index contributed by atoms with van der Waals surface area (Å²) < 4.78 is 1.95. The number of likely N-dealkylation sites (tertiary alicyclic amines) is 1. The Kier molecular flexibility index (Phi) is 4.16. The summed E-state index contributed by atoms with van der Waals surface area (Å²) in [6.45, 7) is 3.59. The summed E-state index contributed by atoms with van der Waals surface area (Å²) in [5.74, 6) is 0.445. The topological polar surface area (TPSA) is 61.5 Å². The minimum absolute atomic E-state index is 0.151. The second kappa shape index (κ2) is 6.31. The van der Waals surface area contributed by atoms with Gasteiger partial charge in [-0.1, -0.05) is 30.3 Å². The fraction of sp³-hybridized carbons (Fsp3) is 0.526. The van der Waals surface area contributed by atoms with Crippen LogP contribution in [0.15, 0.2) is 48.8 Å². The van der Waals surface area contributed by atoms with Crippen molar-refractivity contribution in [2.24, 2.45) is 11.3 Å². The number of benzene rings is 1. The summed E-state index contributed by atoms with van der Waals surface area (Å²) in [6, 6.07) is 12.3. The van der Waals surface area contributed by atoms with Crippen molar-refractivity contribution in [1.82, 2.24) is 14.7 Å². The molecule has 1 spiro atoms. The van der Waals surface area contributed by atoms with Crippen LogP contribution in [0, 0.1) is 11.3 Å². The van der Waals surface area contributed by atoms with E-state index in [1.54, 1.807) is 6.20 Å². The van der Waals surface area contributed by atoms with Crippen molar-refractivity contribution in [3.8, 4) is 0 Å². The molecular weight excluding hydrogens is 302 g/mol. The predicted octanol–water partition coefficient (Wildman–Crippen LogP) is 1.34. The van der Waals surface area contributed by atoms with Crippen molar-refractivity contribution in [2.75, 3.05) is 26.2 Å². The van der Waals surface area contributed by atoms with Gasteiger partial charge in [-0.25, -0.2) is 0 Å². The number of aromatic nitrogens is 2. The van der Waals surface area contributed by atoms with Crippen molar-refractivity contribution in [2.45, 2.75) is 25.0 Å². The first-order valence-electron chi connectivity index (χ1n) is 8.79. The Morgan fingerprint density at radius 1 is 1.17 bits per heavy atom. The van der Waals surface area contributed by atoms with E-state index in [0.29, 0.717) is 6.54 Å². The quantitative estimate of drug-likeness (QED) is 0.841. The van der Waals surface area contributed by atoms with Crippen molar-refractivity contribution in [3.63, 3.8) is 0 Å². The first-order chi connectivity index (χ1) is 11.8. The zero-order chi connectivity index (χ0) is 16.6. The van der Waals surface area contributed by atoms with Crippen LogP contribution in [0.3, 0.4) is 0 Å². The molecule has 5 nitrogen and oxygen atoms in total. The summed E-state index contributed by atoms with van der Waals surface area (Å²) in [6.07, 6.45) is 4.44. The zero-order valence-electron chi connectivity index (χ0n) is 13.8. The summed E-state index contributed by atoms with van der Waals surface area (Å²) in [7, 11) is 0. The van der Waals surface area contributed by atoms with Gasteiger partial charge >= 0.3 is 0 Å². The highest BCUT2D eigenvalue weighted by Gasteiger charge is 2.70. The molecule has 24 heavy (non-hydrogen) atoms. The molecule has 1 aliphatic heterocycles. The van der Waals surface area contributed by atoms with Crippen LogP contribution < -0.4 is 0 Å². The van der Waals surface area contributed by atoms with Crippen LogP contribution >= 0.6 is 0 Å². The van der Waals surface area contributed by atoms with Gasteiger partial charge in [0.15, 0.2) is 0 Å². The third kappa shape index (κ3) is 2.57. The second-order valence-corrected chi connectivity index (χ2v) is 7.16. The first-order valence-corrected chi connectivity index (χ1v) is 8.79. The lowest BCUT2D eigenvalue weighted by atomic mass is 9.95. The van der Waals surface area contributed by atoms with Crippen LogP contribution in [0.2, 0.25) is 0 Å². The van der Waals surface area contributed by atoms with E-state index in [1.165, 1.54) is 5.56 Å². The van der Waals surface area contributed by atoms with E-state index in [-0.39, 0.29) is 30.0 Å². The first kappa shape index (κ1) is 15.8. The fourth-order valence-corrected chi connectivity index (χ4v) is 4.72. The van der Waals surface area contributed by atoms with E-state index >= 15 is 0 Å². The summed E-state index contributed by atoms with van der Waals surface area (Å²) in [5.41, 5.74) is 1.08. The SMILES string of the molecule is OC[C@@H]1[C@@H](c2ccccc2)[C@]12CN(CCCn1cccn1)C[C@H]2O. The monoisotopic (exact) mass is 327 g/mol. The van der Waals surface area contributed by atoms with Crippen LogP contribution in [-0.2, 0) is 6.54 Å². The number of aryl methyl sites for hydroxylation is 1. The van der Waals surface area contributed by atoms with E-state index in [4.69, 9.17) is 0 Å². The van der Waals surface area contributed by atoms with Crippen LogP contribution in [-0.4, -0.2) is 57.2 Å². The largest absolute Gasteiger partial charge is 0.396 e. The molecule has 1 aromatic heterocycles. The molecule has 0 radical (unpaired) electrons. The maximum absolute atomic E-state index is 10.7. The van der Waals surface area contributed by atoms with Crippen molar-refractivity contribution in [3.05, 3.63) is 54.4 Å². The van der Waals surface area contributed by atoms with Crippen LogP contribution in [0.25, 0.3) is 0 Å². The van der Waals surface area contributed by atoms with Crippen molar-refractivity contribution in [1.29, 1.82) is 0 Å². The highest BCUT2D eigenvalue weighted by atomic mass is 16.3. The lowest BCUT2D eigenvalue weighted by molar-refractivity contribution is 0.111. The van der Waals surface area contributed by atoms with Gasteiger partial charge in [0.2, 0.25) is 0 Å². The standard InChI is InChI=1S/C19H25N3O2/c23-13-16-18(15-6-2-1-3-7-15)19(16)14-21(12-17(19)24)9-5-11-22-10-4-8-20-22/h1-4,6-8,10,16-18,23-24H,5,9,11-14H2/t16-,17-,18-,19-/m1/s1. The van der Waals surface area contributed by atoms with Crippen molar-refractivity contribution >= 4 is 0 Å². The Labute approximate surface area is 142 Å². The van der Waals surface area contributed by atoms with Gasteiger partial charge in [-0.15, -0.1) is 0 Å². The maximum atomic E-state index is 10.7. The normalized spacial score (nSPS) is 32.5. The molecule has 1 aromatic carbocycles. The number of rotatable bonds is 6. The number of aliphatic hydroxyl groups excluding tert-OH is 2. The molecule has 2 heterocycles. The smallest absolute Gasteiger partial charge is 0.0745 e. The second-order valence-electron chi connectivity index (χ2n) is 7.16. The molecule has 1 aliphatic carbocycles. The number of hydrogen-bond donors (Lipinski definition) is 2.